The number of carbonyl (C=O) groups excluding carboxylic acids is 1. The third-order valence-electron chi connectivity index (χ3n) is 4.04. The Morgan fingerprint density at radius 1 is 1.19 bits per heavy atom. The van der Waals surface area contributed by atoms with Crippen molar-refractivity contribution in [2.75, 3.05) is 0 Å². The second kappa shape index (κ2) is 6.61. The lowest BCUT2D eigenvalue weighted by molar-refractivity contribution is 0.0933. The summed E-state index contributed by atoms with van der Waals surface area (Å²) in [5.74, 6) is 0.393. The number of aromatic amines is 1. The minimum Gasteiger partial charge on any atom is -0.341 e. The topological polar surface area (TPSA) is 88.0 Å². The minimum absolute atomic E-state index is 0.266. The van der Waals surface area contributed by atoms with Crippen LogP contribution < -0.4 is 5.32 Å². The van der Waals surface area contributed by atoms with E-state index in [9.17, 15) is 4.79 Å². The highest BCUT2D eigenvalue weighted by Gasteiger charge is 2.18. The van der Waals surface area contributed by atoms with Gasteiger partial charge in [-0.15, -0.1) is 10.2 Å². The van der Waals surface area contributed by atoms with Crippen molar-refractivity contribution in [3.63, 3.8) is 0 Å². The SMILES string of the molecule is C[C@@H](NC(=O)c1cc(-c2ccc(Cl)cc2)n[nH]1)c1nnc2ccccn12. The number of hydrogen-bond donors (Lipinski definition) is 2. The minimum atomic E-state index is -0.317. The quantitative estimate of drug-likeness (QED) is 0.580. The van der Waals surface area contributed by atoms with Crippen molar-refractivity contribution in [3.05, 3.63) is 71.3 Å². The Kier molecular flexibility index (Phi) is 4.14. The molecule has 0 aliphatic heterocycles. The van der Waals surface area contributed by atoms with E-state index in [2.05, 4.69) is 25.7 Å². The van der Waals surface area contributed by atoms with Gasteiger partial charge < -0.3 is 5.32 Å². The standard InChI is InChI=1S/C18H15ClN6O/c1-11(17-24-23-16-4-2-3-9-25(16)17)20-18(26)15-10-14(21-22-15)12-5-7-13(19)8-6-12/h2-11H,1H3,(H,20,26)(H,21,22)/t11-/m1/s1. The predicted octanol–water partition coefficient (Wildman–Crippen LogP) is 3.26. The Morgan fingerprint density at radius 3 is 2.81 bits per heavy atom. The van der Waals surface area contributed by atoms with Gasteiger partial charge in [0.25, 0.3) is 5.91 Å². The van der Waals surface area contributed by atoms with E-state index in [0.717, 1.165) is 11.2 Å². The number of aromatic nitrogens is 5. The maximum atomic E-state index is 12.5. The van der Waals surface area contributed by atoms with Gasteiger partial charge in [0.2, 0.25) is 0 Å². The molecule has 0 fully saturated rings. The van der Waals surface area contributed by atoms with E-state index >= 15 is 0 Å². The highest BCUT2D eigenvalue weighted by atomic mass is 35.5. The van der Waals surface area contributed by atoms with Crippen LogP contribution in [0.2, 0.25) is 5.02 Å². The summed E-state index contributed by atoms with van der Waals surface area (Å²) in [7, 11) is 0. The lowest BCUT2D eigenvalue weighted by atomic mass is 10.1. The van der Waals surface area contributed by atoms with Gasteiger partial charge in [-0.1, -0.05) is 29.8 Å². The van der Waals surface area contributed by atoms with Gasteiger partial charge in [-0.2, -0.15) is 5.10 Å². The molecular formula is C18H15ClN6O. The highest BCUT2D eigenvalue weighted by Crippen LogP contribution is 2.20. The van der Waals surface area contributed by atoms with Gasteiger partial charge in [0.15, 0.2) is 11.5 Å². The van der Waals surface area contributed by atoms with Gasteiger partial charge in [0.1, 0.15) is 5.69 Å². The molecule has 1 amide bonds. The van der Waals surface area contributed by atoms with E-state index in [-0.39, 0.29) is 11.9 Å². The van der Waals surface area contributed by atoms with Crippen LogP contribution >= 0.6 is 11.6 Å². The largest absolute Gasteiger partial charge is 0.341 e. The number of H-pyrrole nitrogens is 1. The van der Waals surface area contributed by atoms with Crippen molar-refractivity contribution < 1.29 is 4.79 Å². The van der Waals surface area contributed by atoms with Crippen LogP contribution in [0.1, 0.15) is 29.3 Å². The number of halogens is 1. The summed E-state index contributed by atoms with van der Waals surface area (Å²) in [5, 5.41) is 18.8. The van der Waals surface area contributed by atoms with E-state index in [1.165, 1.54) is 0 Å². The molecule has 0 radical (unpaired) electrons. The molecule has 0 saturated carbocycles. The van der Waals surface area contributed by atoms with Crippen LogP contribution in [0.3, 0.4) is 0 Å². The molecule has 7 nitrogen and oxygen atoms in total. The zero-order valence-corrected chi connectivity index (χ0v) is 14.6. The second-order valence-corrected chi connectivity index (χ2v) is 6.29. The van der Waals surface area contributed by atoms with E-state index in [1.807, 2.05) is 47.9 Å². The van der Waals surface area contributed by atoms with Crippen LogP contribution in [0, 0.1) is 0 Å². The highest BCUT2D eigenvalue weighted by molar-refractivity contribution is 6.30. The summed E-state index contributed by atoms with van der Waals surface area (Å²) < 4.78 is 1.84. The molecule has 1 atom stereocenters. The first-order chi connectivity index (χ1) is 12.6. The number of amides is 1. The van der Waals surface area contributed by atoms with E-state index in [0.29, 0.717) is 22.2 Å². The predicted molar refractivity (Wildman–Crippen MR) is 97.9 cm³/mol. The summed E-state index contributed by atoms with van der Waals surface area (Å²) >= 11 is 5.90. The van der Waals surface area contributed by atoms with Crippen LogP contribution in [-0.2, 0) is 0 Å². The maximum Gasteiger partial charge on any atom is 0.269 e. The van der Waals surface area contributed by atoms with Gasteiger partial charge in [0.05, 0.1) is 11.7 Å². The van der Waals surface area contributed by atoms with Crippen molar-refractivity contribution in [2.45, 2.75) is 13.0 Å². The molecular weight excluding hydrogens is 352 g/mol. The third-order valence-corrected chi connectivity index (χ3v) is 4.29. The molecule has 0 bridgehead atoms. The Bertz CT molecular complexity index is 1070. The Hall–Kier alpha value is -3.19. The number of nitrogens with zero attached hydrogens (tertiary/aromatic N) is 4. The number of pyridine rings is 1. The fraction of sp³-hybridized carbons (Fsp3) is 0.111. The summed E-state index contributed by atoms with van der Waals surface area (Å²) in [6, 6.07) is 14.3. The molecule has 2 N–H and O–H groups in total. The average Bonchev–Trinajstić information content (AvgIpc) is 3.30. The van der Waals surface area contributed by atoms with Crippen LogP contribution in [0.5, 0.6) is 0 Å². The number of rotatable bonds is 4. The Balaban J connectivity index is 1.52. The lowest BCUT2D eigenvalue weighted by Gasteiger charge is -2.11. The smallest absolute Gasteiger partial charge is 0.269 e. The molecule has 0 spiro atoms. The summed E-state index contributed by atoms with van der Waals surface area (Å²) in [6.45, 7) is 1.86. The molecule has 3 aromatic heterocycles. The normalized spacial score (nSPS) is 12.2. The van der Waals surface area contributed by atoms with Gasteiger partial charge in [0, 0.05) is 16.8 Å². The molecule has 4 aromatic rings. The summed E-state index contributed by atoms with van der Waals surface area (Å²) in [4.78, 5) is 12.5. The molecule has 26 heavy (non-hydrogen) atoms. The van der Waals surface area contributed by atoms with Crippen molar-refractivity contribution in [3.8, 4) is 11.3 Å². The number of fused-ring (bicyclic) bond motifs is 1. The lowest BCUT2D eigenvalue weighted by Crippen LogP contribution is -2.28. The molecule has 3 heterocycles. The summed E-state index contributed by atoms with van der Waals surface area (Å²) in [6.07, 6.45) is 1.86. The summed E-state index contributed by atoms with van der Waals surface area (Å²) in [5.41, 5.74) is 2.65. The number of carbonyl (C=O) groups is 1. The molecule has 0 aliphatic rings. The van der Waals surface area contributed by atoms with Gasteiger partial charge in [-0.25, -0.2) is 0 Å². The van der Waals surface area contributed by atoms with Crippen molar-refractivity contribution in [2.24, 2.45) is 0 Å². The molecule has 1 aromatic carbocycles. The van der Waals surface area contributed by atoms with E-state index in [4.69, 9.17) is 11.6 Å². The number of benzene rings is 1. The van der Waals surface area contributed by atoms with Crippen molar-refractivity contribution in [1.29, 1.82) is 0 Å². The molecule has 4 rings (SSSR count). The third kappa shape index (κ3) is 3.04. The second-order valence-electron chi connectivity index (χ2n) is 5.86. The molecule has 0 aliphatic carbocycles. The van der Waals surface area contributed by atoms with Crippen molar-refractivity contribution in [1.82, 2.24) is 30.1 Å². The zero-order chi connectivity index (χ0) is 18.1. The molecule has 0 unspecified atom stereocenters. The van der Waals surface area contributed by atoms with Gasteiger partial charge in [-0.3, -0.25) is 14.3 Å². The number of nitrogens with one attached hydrogen (secondary N) is 2. The fourth-order valence-corrected chi connectivity index (χ4v) is 2.83. The molecule has 130 valence electrons. The average molecular weight is 367 g/mol. The Morgan fingerprint density at radius 2 is 2.00 bits per heavy atom. The first-order valence-electron chi connectivity index (χ1n) is 8.04. The fourth-order valence-electron chi connectivity index (χ4n) is 2.70. The van der Waals surface area contributed by atoms with Crippen molar-refractivity contribution >= 4 is 23.2 Å². The van der Waals surface area contributed by atoms with Crippen LogP contribution in [0.15, 0.2) is 54.7 Å². The van der Waals surface area contributed by atoms with E-state index in [1.54, 1.807) is 18.2 Å². The molecule has 0 saturated heterocycles. The molecule has 8 heteroatoms. The van der Waals surface area contributed by atoms with Gasteiger partial charge >= 0.3 is 0 Å². The van der Waals surface area contributed by atoms with Gasteiger partial charge in [-0.05, 0) is 37.3 Å². The van der Waals surface area contributed by atoms with E-state index < -0.39 is 0 Å². The van der Waals surface area contributed by atoms with Crippen LogP contribution in [-0.4, -0.2) is 30.7 Å². The zero-order valence-electron chi connectivity index (χ0n) is 13.8. The van der Waals surface area contributed by atoms with Crippen LogP contribution in [0.4, 0.5) is 0 Å². The van der Waals surface area contributed by atoms with Crippen LogP contribution in [0.25, 0.3) is 16.9 Å². The number of hydrogen-bond acceptors (Lipinski definition) is 4. The first kappa shape index (κ1) is 16.3. The monoisotopic (exact) mass is 366 g/mol. The first-order valence-corrected chi connectivity index (χ1v) is 8.41. The maximum absolute atomic E-state index is 12.5. The Labute approximate surface area is 154 Å².